The lowest BCUT2D eigenvalue weighted by Gasteiger charge is -2.20. The monoisotopic (exact) mass is 517 g/mol. The van der Waals surface area contributed by atoms with Gasteiger partial charge in [0.25, 0.3) is 5.56 Å². The number of nitrogens with two attached hydrogens (primary N) is 1. The van der Waals surface area contributed by atoms with Gasteiger partial charge < -0.3 is 21.1 Å². The molecule has 1 unspecified atom stereocenters. The number of hydrogen-bond acceptors (Lipinski definition) is 7. The van der Waals surface area contributed by atoms with Gasteiger partial charge in [0.15, 0.2) is 0 Å². The number of aromatic nitrogens is 4. The lowest BCUT2D eigenvalue weighted by Crippen LogP contribution is -2.24. The summed E-state index contributed by atoms with van der Waals surface area (Å²) < 4.78 is 17.9. The van der Waals surface area contributed by atoms with Crippen molar-refractivity contribution >= 4 is 27.5 Å². The van der Waals surface area contributed by atoms with Crippen LogP contribution in [0.1, 0.15) is 43.7 Å². The molecule has 9 nitrogen and oxygen atoms in total. The number of aliphatic hydroxyl groups excluding tert-OH is 3. The highest BCUT2D eigenvalue weighted by atomic mass is 19.1. The summed E-state index contributed by atoms with van der Waals surface area (Å²) in [6, 6.07) is 11.4. The summed E-state index contributed by atoms with van der Waals surface area (Å²) in [4.78, 5) is 18.0. The lowest BCUT2D eigenvalue weighted by molar-refractivity contribution is 0.0925. The van der Waals surface area contributed by atoms with Crippen LogP contribution in [0, 0.1) is 5.82 Å². The van der Waals surface area contributed by atoms with Gasteiger partial charge in [0.2, 0.25) is 0 Å². The highest BCUT2D eigenvalue weighted by molar-refractivity contribution is 5.91. The van der Waals surface area contributed by atoms with E-state index in [0.29, 0.717) is 33.4 Å². The Morgan fingerprint density at radius 3 is 2.53 bits per heavy atom. The second kappa shape index (κ2) is 9.32. The number of fused-ring (bicyclic) bond motifs is 2. The first-order valence-electron chi connectivity index (χ1n) is 12.1. The minimum absolute atomic E-state index is 0.0951. The maximum atomic E-state index is 15.2. The van der Waals surface area contributed by atoms with E-state index < -0.39 is 30.7 Å². The van der Waals surface area contributed by atoms with Gasteiger partial charge in [0.1, 0.15) is 17.6 Å². The molecule has 0 saturated heterocycles. The molecule has 3 heterocycles. The topological polar surface area (TPSA) is 139 Å². The average Bonchev–Trinajstić information content (AvgIpc) is 3.22. The standard InChI is InChI=1S/C28H28FN5O4/c1-28(2,3)16-9-15-11-31-34(27(38)25(15)19(29)10-16)23-6-4-5-22(18(23)13-35)33-12-20(30)17-7-8-21(24(37)14-36)32-26(17)33/h4-12,24,35-37H,13-14,30H2,1-3H3. The smallest absolute Gasteiger partial charge is 0.282 e. The van der Waals surface area contributed by atoms with E-state index in [4.69, 9.17) is 5.73 Å². The van der Waals surface area contributed by atoms with Crippen molar-refractivity contribution in [3.63, 3.8) is 0 Å². The van der Waals surface area contributed by atoms with Gasteiger partial charge in [0, 0.05) is 22.5 Å². The van der Waals surface area contributed by atoms with E-state index in [0.717, 1.165) is 10.2 Å². The van der Waals surface area contributed by atoms with E-state index in [2.05, 4.69) is 10.1 Å². The number of hydrogen-bond donors (Lipinski definition) is 4. The molecule has 1 atom stereocenters. The first-order valence-corrected chi connectivity index (χ1v) is 12.1. The summed E-state index contributed by atoms with van der Waals surface area (Å²) in [5.74, 6) is -0.640. The zero-order chi connectivity index (χ0) is 27.4. The van der Waals surface area contributed by atoms with E-state index in [1.54, 1.807) is 47.2 Å². The second-order valence-electron chi connectivity index (χ2n) is 10.2. The zero-order valence-electron chi connectivity index (χ0n) is 21.2. The van der Waals surface area contributed by atoms with E-state index in [-0.39, 0.29) is 22.2 Å². The summed E-state index contributed by atoms with van der Waals surface area (Å²) >= 11 is 0. The van der Waals surface area contributed by atoms with Crippen LogP contribution in [-0.4, -0.2) is 41.3 Å². The van der Waals surface area contributed by atoms with E-state index in [1.165, 1.54) is 12.3 Å². The number of halogens is 1. The normalized spacial score (nSPS) is 12.9. The Morgan fingerprint density at radius 2 is 1.84 bits per heavy atom. The van der Waals surface area contributed by atoms with Crippen LogP contribution in [-0.2, 0) is 12.0 Å². The van der Waals surface area contributed by atoms with Gasteiger partial charge in [-0.05, 0) is 47.4 Å². The molecular weight excluding hydrogens is 489 g/mol. The van der Waals surface area contributed by atoms with E-state index >= 15 is 4.39 Å². The van der Waals surface area contributed by atoms with Crippen molar-refractivity contribution in [3.05, 3.63) is 87.9 Å². The Bertz CT molecular complexity index is 1750. The molecule has 0 aliphatic carbocycles. The lowest BCUT2D eigenvalue weighted by atomic mass is 9.86. The van der Waals surface area contributed by atoms with Crippen molar-refractivity contribution in [3.8, 4) is 11.4 Å². The predicted octanol–water partition coefficient (Wildman–Crippen LogP) is 3.26. The summed E-state index contributed by atoms with van der Waals surface area (Å²) in [6.07, 6.45) is 1.88. The summed E-state index contributed by atoms with van der Waals surface area (Å²) in [5, 5.41) is 35.1. The highest BCUT2D eigenvalue weighted by Crippen LogP contribution is 2.31. The molecule has 0 amide bonds. The van der Waals surface area contributed by atoms with Crippen LogP contribution in [0.2, 0.25) is 0 Å². The van der Waals surface area contributed by atoms with Crippen LogP contribution in [0.15, 0.2) is 59.7 Å². The molecule has 5 aromatic rings. The van der Waals surface area contributed by atoms with Crippen molar-refractivity contribution in [2.75, 3.05) is 12.3 Å². The number of anilines is 1. The molecule has 196 valence electrons. The Morgan fingerprint density at radius 1 is 1.11 bits per heavy atom. The molecule has 0 saturated carbocycles. The molecule has 0 aliphatic heterocycles. The number of aliphatic hydroxyl groups is 3. The zero-order valence-corrected chi connectivity index (χ0v) is 21.2. The van der Waals surface area contributed by atoms with Gasteiger partial charge in [-0.25, -0.2) is 9.37 Å². The molecule has 5 rings (SSSR count). The van der Waals surface area contributed by atoms with Crippen LogP contribution < -0.4 is 11.3 Å². The predicted molar refractivity (Wildman–Crippen MR) is 143 cm³/mol. The van der Waals surface area contributed by atoms with Crippen molar-refractivity contribution in [1.82, 2.24) is 19.3 Å². The Labute approximate surface area is 217 Å². The number of nitrogen functional groups attached to an aromatic ring is 1. The number of benzene rings is 2. The maximum Gasteiger partial charge on any atom is 0.282 e. The van der Waals surface area contributed by atoms with Crippen molar-refractivity contribution in [2.45, 2.75) is 38.9 Å². The van der Waals surface area contributed by atoms with Crippen molar-refractivity contribution < 1.29 is 19.7 Å². The molecule has 0 aliphatic rings. The fourth-order valence-electron chi connectivity index (χ4n) is 4.59. The number of pyridine rings is 1. The van der Waals surface area contributed by atoms with Crippen molar-refractivity contribution in [1.29, 1.82) is 0 Å². The molecular formula is C28H28FN5O4. The SMILES string of the molecule is CC(C)(C)c1cc(F)c2c(=O)n(-c3cccc(-n4cc(N)c5ccc(C(O)CO)nc54)c3CO)ncc2c1. The fraction of sp³-hybridized carbons (Fsp3) is 0.250. The number of nitrogens with zero attached hydrogens (tertiary/aromatic N) is 4. The Kier molecular flexibility index (Phi) is 6.26. The first-order chi connectivity index (χ1) is 18.0. The third-order valence-electron chi connectivity index (χ3n) is 6.70. The van der Waals surface area contributed by atoms with Gasteiger partial charge in [-0.3, -0.25) is 9.36 Å². The van der Waals surface area contributed by atoms with E-state index in [1.807, 2.05) is 20.8 Å². The fourth-order valence-corrected chi connectivity index (χ4v) is 4.59. The average molecular weight is 518 g/mol. The van der Waals surface area contributed by atoms with Gasteiger partial charge in [0.05, 0.1) is 47.6 Å². The molecule has 0 spiro atoms. The van der Waals surface area contributed by atoms with Gasteiger partial charge in [-0.2, -0.15) is 9.78 Å². The van der Waals surface area contributed by atoms with Crippen LogP contribution >= 0.6 is 0 Å². The van der Waals surface area contributed by atoms with Crippen molar-refractivity contribution in [2.24, 2.45) is 0 Å². The van der Waals surface area contributed by atoms with E-state index in [9.17, 15) is 20.1 Å². The molecule has 3 aromatic heterocycles. The third-order valence-corrected chi connectivity index (χ3v) is 6.70. The van der Waals surface area contributed by atoms with Gasteiger partial charge in [-0.15, -0.1) is 0 Å². The molecule has 2 aromatic carbocycles. The van der Waals surface area contributed by atoms with Gasteiger partial charge >= 0.3 is 0 Å². The molecule has 0 bridgehead atoms. The first kappa shape index (κ1) is 25.5. The molecule has 0 fully saturated rings. The Hall–Kier alpha value is -4.12. The van der Waals surface area contributed by atoms with Crippen LogP contribution in [0.5, 0.6) is 0 Å². The summed E-state index contributed by atoms with van der Waals surface area (Å²) in [5.41, 5.74) is 8.10. The van der Waals surface area contributed by atoms with Crippen LogP contribution in [0.4, 0.5) is 10.1 Å². The summed E-state index contributed by atoms with van der Waals surface area (Å²) in [6.45, 7) is 4.90. The third kappa shape index (κ3) is 4.12. The molecule has 0 radical (unpaired) electrons. The second-order valence-corrected chi connectivity index (χ2v) is 10.2. The minimum atomic E-state index is -1.18. The van der Waals surface area contributed by atoms with Gasteiger partial charge in [-0.1, -0.05) is 26.8 Å². The molecule has 5 N–H and O–H groups in total. The number of rotatable bonds is 5. The largest absolute Gasteiger partial charge is 0.397 e. The Balaban J connectivity index is 1.73. The minimum Gasteiger partial charge on any atom is -0.397 e. The molecule has 38 heavy (non-hydrogen) atoms. The van der Waals surface area contributed by atoms with Crippen LogP contribution in [0.25, 0.3) is 33.2 Å². The maximum absolute atomic E-state index is 15.2. The highest BCUT2D eigenvalue weighted by Gasteiger charge is 2.21. The quantitative estimate of drug-likeness (QED) is 0.281. The molecule has 10 heteroatoms. The summed E-state index contributed by atoms with van der Waals surface area (Å²) in [7, 11) is 0. The van der Waals surface area contributed by atoms with Crippen LogP contribution in [0.3, 0.4) is 0 Å².